The van der Waals surface area contributed by atoms with Gasteiger partial charge in [0.25, 0.3) is 10.0 Å². The topological polar surface area (TPSA) is 62.1 Å². The lowest BCUT2D eigenvalue weighted by atomic mass is 10.3. The van der Waals surface area contributed by atoms with Crippen LogP contribution in [0.15, 0.2) is 21.3 Å². The summed E-state index contributed by atoms with van der Waals surface area (Å²) >= 11 is 3.25. The van der Waals surface area contributed by atoms with Crippen molar-refractivity contribution in [1.82, 2.24) is 4.90 Å². The summed E-state index contributed by atoms with van der Waals surface area (Å²) in [4.78, 5) is 6.03. The molecule has 0 saturated heterocycles. The van der Waals surface area contributed by atoms with Gasteiger partial charge in [-0.2, -0.15) is 0 Å². The molecule has 1 spiro atoms. The maximum absolute atomic E-state index is 11.9. The lowest BCUT2D eigenvalue weighted by molar-refractivity contribution is 0.492. The first-order valence-corrected chi connectivity index (χ1v) is 7.21. The van der Waals surface area contributed by atoms with Crippen LogP contribution >= 0.6 is 15.9 Å². The fourth-order valence-electron chi connectivity index (χ4n) is 2.01. The third kappa shape index (κ3) is 1.31. The number of aliphatic imine (C=N–C) groups is 1. The van der Waals surface area contributed by atoms with E-state index in [1.807, 2.05) is 18.0 Å². The van der Waals surface area contributed by atoms with Crippen LogP contribution < -0.4 is 0 Å². The average molecular weight is 304 g/mol. The maximum Gasteiger partial charge on any atom is 0.262 e. The zero-order chi connectivity index (χ0) is 11.6. The van der Waals surface area contributed by atoms with Gasteiger partial charge < -0.3 is 4.90 Å². The molecule has 86 valence electrons. The van der Waals surface area contributed by atoms with Gasteiger partial charge in [0.15, 0.2) is 5.84 Å². The lowest BCUT2D eigenvalue weighted by Gasteiger charge is -2.32. The van der Waals surface area contributed by atoms with Crippen LogP contribution in [0.25, 0.3) is 0 Å². The number of sulfonamides is 1. The molecule has 0 radical (unpaired) electrons. The maximum atomic E-state index is 11.9. The van der Waals surface area contributed by atoms with Crippen molar-refractivity contribution in [2.75, 3.05) is 6.54 Å². The van der Waals surface area contributed by atoms with Gasteiger partial charge in [0, 0.05) is 12.7 Å². The molecule has 16 heavy (non-hydrogen) atoms. The Morgan fingerprint density at radius 1 is 1.50 bits per heavy atom. The van der Waals surface area contributed by atoms with Gasteiger partial charge in [-0.15, -0.1) is 4.40 Å². The minimum Gasteiger partial charge on any atom is -0.327 e. The van der Waals surface area contributed by atoms with Crippen molar-refractivity contribution in [3.05, 3.63) is 11.9 Å². The Bertz CT molecular complexity index is 557. The molecular weight excluding hydrogens is 294 g/mol. The Hall–Kier alpha value is -0.690. The van der Waals surface area contributed by atoms with Crippen molar-refractivity contribution < 1.29 is 8.42 Å². The Kier molecular flexibility index (Phi) is 1.93. The third-order valence-electron chi connectivity index (χ3n) is 3.09. The second-order valence-electron chi connectivity index (χ2n) is 4.37. The van der Waals surface area contributed by atoms with Crippen LogP contribution in [0.5, 0.6) is 0 Å². The SMILES string of the molecule is CC1=CN2CC3(CC3)S(=O)(=O)N=C2C(Br)=N1. The molecule has 3 rings (SSSR count). The molecule has 0 bridgehead atoms. The molecule has 7 heteroatoms. The fraction of sp³-hybridized carbons (Fsp3) is 0.556. The van der Waals surface area contributed by atoms with Crippen molar-refractivity contribution in [3.63, 3.8) is 0 Å². The zero-order valence-corrected chi connectivity index (χ0v) is 11.0. The van der Waals surface area contributed by atoms with Gasteiger partial charge in [0.1, 0.15) is 9.37 Å². The van der Waals surface area contributed by atoms with Crippen LogP contribution in [0.3, 0.4) is 0 Å². The van der Waals surface area contributed by atoms with Crippen LogP contribution in [0.2, 0.25) is 0 Å². The first-order chi connectivity index (χ1) is 7.44. The number of fused-ring (bicyclic) bond motifs is 1. The largest absolute Gasteiger partial charge is 0.327 e. The predicted molar refractivity (Wildman–Crippen MR) is 65.1 cm³/mol. The van der Waals surface area contributed by atoms with Gasteiger partial charge in [-0.25, -0.2) is 13.4 Å². The standard InChI is InChI=1S/C9H10BrN3O2S/c1-6-4-13-5-9(2-3-9)16(14,15)12-8(13)7(10)11-6/h4H,2-3,5H2,1H3. The number of hydrogen-bond acceptors (Lipinski definition) is 4. The molecule has 0 aromatic rings. The molecule has 1 aliphatic carbocycles. The van der Waals surface area contributed by atoms with E-state index in [2.05, 4.69) is 25.3 Å². The van der Waals surface area contributed by atoms with E-state index in [9.17, 15) is 8.42 Å². The number of nitrogens with zero attached hydrogens (tertiary/aromatic N) is 3. The minimum absolute atomic E-state index is 0.406. The zero-order valence-electron chi connectivity index (χ0n) is 8.64. The highest BCUT2D eigenvalue weighted by atomic mass is 79.9. The minimum atomic E-state index is -3.36. The molecule has 2 heterocycles. The summed E-state index contributed by atoms with van der Waals surface area (Å²) in [6, 6.07) is 0. The molecule has 1 saturated carbocycles. The Morgan fingerprint density at radius 2 is 2.19 bits per heavy atom. The summed E-state index contributed by atoms with van der Waals surface area (Å²) in [5, 5.41) is 0. The van der Waals surface area contributed by atoms with Crippen molar-refractivity contribution in [2.24, 2.45) is 9.39 Å². The van der Waals surface area contributed by atoms with Crippen molar-refractivity contribution in [3.8, 4) is 0 Å². The van der Waals surface area contributed by atoms with Crippen LogP contribution in [0.1, 0.15) is 19.8 Å². The molecule has 0 N–H and O–H groups in total. The van der Waals surface area contributed by atoms with Crippen LogP contribution in [-0.4, -0.2) is 35.1 Å². The normalized spacial score (nSPS) is 29.1. The smallest absolute Gasteiger partial charge is 0.262 e. The number of amidine groups is 1. The highest BCUT2D eigenvalue weighted by Crippen LogP contribution is 2.47. The Labute approximate surface area is 102 Å². The second-order valence-corrected chi connectivity index (χ2v) is 7.12. The molecule has 5 nitrogen and oxygen atoms in total. The molecular formula is C9H10BrN3O2S. The van der Waals surface area contributed by atoms with E-state index < -0.39 is 14.8 Å². The first kappa shape index (κ1) is 10.5. The van der Waals surface area contributed by atoms with Crippen LogP contribution in [-0.2, 0) is 10.0 Å². The third-order valence-corrected chi connectivity index (χ3v) is 5.67. The van der Waals surface area contributed by atoms with Gasteiger partial charge in [-0.05, 0) is 35.7 Å². The summed E-state index contributed by atoms with van der Waals surface area (Å²) in [5.41, 5.74) is 0.848. The molecule has 0 aromatic carbocycles. The van der Waals surface area contributed by atoms with Crippen molar-refractivity contribution in [1.29, 1.82) is 0 Å². The van der Waals surface area contributed by atoms with E-state index >= 15 is 0 Å². The van der Waals surface area contributed by atoms with Gasteiger partial charge in [0.05, 0.1) is 5.70 Å². The van der Waals surface area contributed by atoms with Gasteiger partial charge in [-0.1, -0.05) is 0 Å². The monoisotopic (exact) mass is 303 g/mol. The summed E-state index contributed by atoms with van der Waals surface area (Å²) in [7, 11) is -3.36. The average Bonchev–Trinajstić information content (AvgIpc) is 2.91. The molecule has 3 aliphatic rings. The highest BCUT2D eigenvalue weighted by Gasteiger charge is 2.58. The van der Waals surface area contributed by atoms with E-state index in [-0.39, 0.29) is 0 Å². The fourth-order valence-corrected chi connectivity index (χ4v) is 4.25. The van der Waals surface area contributed by atoms with E-state index in [1.165, 1.54) is 0 Å². The molecule has 2 aliphatic heterocycles. The molecule has 0 amide bonds. The van der Waals surface area contributed by atoms with E-state index in [1.54, 1.807) is 0 Å². The summed E-state index contributed by atoms with van der Waals surface area (Å²) < 4.78 is 27.6. The second kappa shape index (κ2) is 2.95. The van der Waals surface area contributed by atoms with Crippen molar-refractivity contribution >= 4 is 36.4 Å². The summed E-state index contributed by atoms with van der Waals surface area (Å²) in [5.74, 6) is 0.406. The van der Waals surface area contributed by atoms with E-state index in [0.29, 0.717) is 29.8 Å². The Balaban J connectivity index is 2.15. The summed E-state index contributed by atoms with van der Waals surface area (Å²) in [6.07, 6.45) is 3.27. The molecule has 1 fully saturated rings. The first-order valence-electron chi connectivity index (χ1n) is 4.98. The molecule has 0 aromatic heterocycles. The highest BCUT2D eigenvalue weighted by molar-refractivity contribution is 9.19. The van der Waals surface area contributed by atoms with Gasteiger partial charge >= 0.3 is 0 Å². The number of hydrogen-bond donors (Lipinski definition) is 0. The molecule has 0 atom stereocenters. The van der Waals surface area contributed by atoms with Gasteiger partial charge in [0.2, 0.25) is 0 Å². The van der Waals surface area contributed by atoms with E-state index in [4.69, 9.17) is 0 Å². The quantitative estimate of drug-likeness (QED) is 0.676. The van der Waals surface area contributed by atoms with Gasteiger partial charge in [-0.3, -0.25) is 0 Å². The van der Waals surface area contributed by atoms with Crippen molar-refractivity contribution in [2.45, 2.75) is 24.5 Å². The van der Waals surface area contributed by atoms with Crippen LogP contribution in [0, 0.1) is 0 Å². The lowest BCUT2D eigenvalue weighted by Crippen LogP contribution is -2.47. The number of allylic oxidation sites excluding steroid dienone is 1. The van der Waals surface area contributed by atoms with Crippen LogP contribution in [0.4, 0.5) is 0 Å². The number of rotatable bonds is 0. The number of halogens is 1. The molecule has 0 unspecified atom stereocenters. The Morgan fingerprint density at radius 3 is 2.81 bits per heavy atom. The predicted octanol–water partition coefficient (Wildman–Crippen LogP) is 1.23. The summed E-state index contributed by atoms with van der Waals surface area (Å²) in [6.45, 7) is 2.37. The van der Waals surface area contributed by atoms with E-state index in [0.717, 1.165) is 5.70 Å².